The van der Waals surface area contributed by atoms with Gasteiger partial charge in [0.2, 0.25) is 0 Å². The van der Waals surface area contributed by atoms with Gasteiger partial charge in [-0.1, -0.05) is 30.3 Å². The largest absolute Gasteiger partial charge is 0.493 e. The van der Waals surface area contributed by atoms with Crippen LogP contribution in [-0.2, 0) is 6.54 Å². The zero-order valence-corrected chi connectivity index (χ0v) is 16.1. The predicted molar refractivity (Wildman–Crippen MR) is 108 cm³/mol. The van der Waals surface area contributed by atoms with E-state index in [-0.39, 0.29) is 12.2 Å². The number of para-hydroxylation sites is 2. The van der Waals surface area contributed by atoms with Crippen LogP contribution in [0.15, 0.2) is 53.3 Å². The third-order valence-corrected chi connectivity index (χ3v) is 4.27. The van der Waals surface area contributed by atoms with Crippen LogP contribution in [0.2, 0.25) is 0 Å². The third kappa shape index (κ3) is 4.04. The van der Waals surface area contributed by atoms with Crippen LogP contribution in [0.3, 0.4) is 0 Å². The van der Waals surface area contributed by atoms with Crippen molar-refractivity contribution >= 4 is 16.6 Å². The number of aliphatic hydroxyl groups is 1. The lowest BCUT2D eigenvalue weighted by atomic mass is 10.1. The van der Waals surface area contributed by atoms with Gasteiger partial charge in [-0.05, 0) is 25.1 Å². The first-order valence-corrected chi connectivity index (χ1v) is 8.95. The van der Waals surface area contributed by atoms with E-state index in [4.69, 9.17) is 14.3 Å². The molecule has 0 aliphatic heterocycles. The number of nitrogens with zero attached hydrogens (tertiary/aromatic N) is 1. The van der Waals surface area contributed by atoms with Crippen molar-refractivity contribution in [1.29, 1.82) is 0 Å². The number of hydrogen-bond donors (Lipinski definition) is 2. The Labute approximate surface area is 163 Å². The summed E-state index contributed by atoms with van der Waals surface area (Å²) in [6, 6.07) is 14.8. The van der Waals surface area contributed by atoms with Crippen LogP contribution in [0.1, 0.15) is 12.5 Å². The first-order valence-electron chi connectivity index (χ1n) is 8.95. The molecule has 0 amide bonds. The standard InChI is InChI=1S/C21H24N2O5/c1-14(24)13-28-23-18-9-5-4-7-15(18)11-17(21(23)25)22-12-16-8-6-10-19(26-2)20(16)27-3/h4-11,14,22,24H,12-13H2,1-3H3. The smallest absolute Gasteiger partial charge is 0.306 e. The number of hydrogen-bond acceptors (Lipinski definition) is 6. The molecule has 0 spiro atoms. The van der Waals surface area contributed by atoms with Crippen LogP contribution < -0.4 is 25.2 Å². The maximum atomic E-state index is 12.9. The highest BCUT2D eigenvalue weighted by molar-refractivity contribution is 5.82. The minimum atomic E-state index is -0.691. The fraction of sp³-hybridized carbons (Fsp3) is 0.286. The first kappa shape index (κ1) is 19.6. The summed E-state index contributed by atoms with van der Waals surface area (Å²) in [5.74, 6) is 1.24. The second-order valence-corrected chi connectivity index (χ2v) is 6.37. The van der Waals surface area contributed by atoms with Crippen LogP contribution in [-0.4, -0.2) is 36.8 Å². The van der Waals surface area contributed by atoms with Crippen LogP contribution in [0.4, 0.5) is 5.69 Å². The number of nitrogens with one attached hydrogen (secondary N) is 1. The number of pyridine rings is 1. The molecule has 28 heavy (non-hydrogen) atoms. The van der Waals surface area contributed by atoms with E-state index in [1.165, 1.54) is 4.73 Å². The van der Waals surface area contributed by atoms with Crippen LogP contribution >= 0.6 is 0 Å². The summed E-state index contributed by atoms with van der Waals surface area (Å²) in [6.45, 7) is 1.98. The molecule has 2 aromatic carbocycles. The quantitative estimate of drug-likeness (QED) is 0.621. The van der Waals surface area contributed by atoms with Gasteiger partial charge >= 0.3 is 5.56 Å². The van der Waals surface area contributed by atoms with E-state index in [0.717, 1.165) is 10.9 Å². The molecule has 1 heterocycles. The van der Waals surface area contributed by atoms with Gasteiger partial charge in [-0.15, -0.1) is 4.73 Å². The zero-order chi connectivity index (χ0) is 20.1. The van der Waals surface area contributed by atoms with Crippen molar-refractivity contribution in [1.82, 2.24) is 4.73 Å². The molecule has 148 valence electrons. The number of fused-ring (bicyclic) bond motifs is 1. The monoisotopic (exact) mass is 384 g/mol. The van der Waals surface area contributed by atoms with Gasteiger partial charge in [0.1, 0.15) is 12.3 Å². The minimum Gasteiger partial charge on any atom is -0.493 e. The molecule has 0 saturated carbocycles. The van der Waals surface area contributed by atoms with E-state index in [9.17, 15) is 9.90 Å². The maximum Gasteiger partial charge on any atom is 0.306 e. The Kier molecular flexibility index (Phi) is 6.06. The maximum absolute atomic E-state index is 12.9. The summed E-state index contributed by atoms with van der Waals surface area (Å²) in [6.07, 6.45) is -0.691. The first-order chi connectivity index (χ1) is 13.5. The zero-order valence-electron chi connectivity index (χ0n) is 16.1. The van der Waals surface area contributed by atoms with Crippen molar-refractivity contribution in [3.63, 3.8) is 0 Å². The molecule has 0 aliphatic rings. The molecule has 1 unspecified atom stereocenters. The molecule has 0 saturated heterocycles. The molecule has 1 aromatic heterocycles. The fourth-order valence-electron chi connectivity index (χ4n) is 2.95. The van der Waals surface area contributed by atoms with E-state index in [0.29, 0.717) is 29.2 Å². The van der Waals surface area contributed by atoms with Gasteiger partial charge in [0.25, 0.3) is 0 Å². The average Bonchev–Trinajstić information content (AvgIpc) is 2.71. The second-order valence-electron chi connectivity index (χ2n) is 6.37. The fourth-order valence-corrected chi connectivity index (χ4v) is 2.95. The summed E-state index contributed by atoms with van der Waals surface area (Å²) < 4.78 is 12.0. The molecule has 7 nitrogen and oxygen atoms in total. The Morgan fingerprint density at radius 2 is 1.89 bits per heavy atom. The number of aromatic nitrogens is 1. The van der Waals surface area contributed by atoms with Gasteiger partial charge < -0.3 is 24.7 Å². The number of ether oxygens (including phenoxy) is 2. The second kappa shape index (κ2) is 8.67. The molecule has 7 heteroatoms. The lowest BCUT2D eigenvalue weighted by Crippen LogP contribution is -2.32. The van der Waals surface area contributed by atoms with Crippen molar-refractivity contribution in [3.05, 3.63) is 64.4 Å². The lowest BCUT2D eigenvalue weighted by Gasteiger charge is -2.16. The highest BCUT2D eigenvalue weighted by Crippen LogP contribution is 2.31. The van der Waals surface area contributed by atoms with Crippen LogP contribution in [0.5, 0.6) is 11.5 Å². The summed E-state index contributed by atoms with van der Waals surface area (Å²) >= 11 is 0. The van der Waals surface area contributed by atoms with Gasteiger partial charge in [-0.3, -0.25) is 4.79 Å². The van der Waals surface area contributed by atoms with E-state index in [1.54, 1.807) is 33.3 Å². The van der Waals surface area contributed by atoms with E-state index >= 15 is 0 Å². The molecular weight excluding hydrogens is 360 g/mol. The Balaban J connectivity index is 1.96. The molecule has 0 aliphatic carbocycles. The van der Waals surface area contributed by atoms with Crippen molar-refractivity contribution in [2.45, 2.75) is 19.6 Å². The number of methoxy groups -OCH3 is 2. The molecule has 0 bridgehead atoms. The van der Waals surface area contributed by atoms with Crippen molar-refractivity contribution in [2.75, 3.05) is 26.1 Å². The van der Waals surface area contributed by atoms with Crippen LogP contribution in [0, 0.1) is 0 Å². The normalized spacial score (nSPS) is 11.9. The van der Waals surface area contributed by atoms with E-state index < -0.39 is 6.10 Å². The van der Waals surface area contributed by atoms with Gasteiger partial charge in [0.15, 0.2) is 11.5 Å². The van der Waals surface area contributed by atoms with E-state index in [2.05, 4.69) is 5.32 Å². The summed E-state index contributed by atoms with van der Waals surface area (Å²) in [5, 5.41) is 13.5. The predicted octanol–water partition coefficient (Wildman–Crippen LogP) is 2.44. The summed E-state index contributed by atoms with van der Waals surface area (Å²) in [5.41, 5.74) is 1.54. The lowest BCUT2D eigenvalue weighted by molar-refractivity contribution is 0.0365. The molecule has 1 atom stereocenters. The van der Waals surface area contributed by atoms with Crippen LogP contribution in [0.25, 0.3) is 10.9 Å². The Morgan fingerprint density at radius 1 is 1.11 bits per heavy atom. The molecule has 3 rings (SSSR count). The van der Waals surface area contributed by atoms with Gasteiger partial charge in [-0.2, -0.15) is 0 Å². The molecule has 0 fully saturated rings. The average molecular weight is 384 g/mol. The van der Waals surface area contributed by atoms with E-state index in [1.807, 2.05) is 36.4 Å². The van der Waals surface area contributed by atoms with Crippen molar-refractivity contribution < 1.29 is 19.4 Å². The number of rotatable bonds is 8. The SMILES string of the molecule is COc1cccc(CNc2cc3ccccc3n(OCC(C)O)c2=O)c1OC. The Morgan fingerprint density at radius 3 is 2.61 bits per heavy atom. The highest BCUT2D eigenvalue weighted by atomic mass is 16.7. The third-order valence-electron chi connectivity index (χ3n) is 4.27. The molecule has 2 N–H and O–H groups in total. The van der Waals surface area contributed by atoms with Crippen molar-refractivity contribution in [2.24, 2.45) is 0 Å². The topological polar surface area (TPSA) is 82.0 Å². The number of anilines is 1. The number of benzene rings is 2. The van der Waals surface area contributed by atoms with Gasteiger partial charge in [-0.25, -0.2) is 0 Å². The highest BCUT2D eigenvalue weighted by Gasteiger charge is 2.13. The molecule has 0 radical (unpaired) electrons. The number of aliphatic hydroxyl groups excluding tert-OH is 1. The molecular formula is C21H24N2O5. The van der Waals surface area contributed by atoms with Gasteiger partial charge in [0.05, 0.1) is 25.8 Å². The Bertz CT molecular complexity index is 1010. The van der Waals surface area contributed by atoms with Gasteiger partial charge in [0, 0.05) is 17.5 Å². The summed E-state index contributed by atoms with van der Waals surface area (Å²) in [7, 11) is 3.16. The minimum absolute atomic E-state index is 0.0110. The van der Waals surface area contributed by atoms with Crippen molar-refractivity contribution in [3.8, 4) is 11.5 Å². The summed E-state index contributed by atoms with van der Waals surface area (Å²) in [4.78, 5) is 18.5. The Hall–Kier alpha value is -3.19. The molecule has 3 aromatic rings.